The van der Waals surface area contributed by atoms with E-state index in [4.69, 9.17) is 0 Å². The van der Waals surface area contributed by atoms with Crippen molar-refractivity contribution in [2.24, 2.45) is 0 Å². The number of sulfonamides is 1. The van der Waals surface area contributed by atoms with Gasteiger partial charge in [0, 0.05) is 61.9 Å². The lowest BCUT2D eigenvalue weighted by molar-refractivity contribution is -0.114. The van der Waals surface area contributed by atoms with E-state index in [-0.39, 0.29) is 5.91 Å². The van der Waals surface area contributed by atoms with Crippen molar-refractivity contribution in [1.82, 2.24) is 14.3 Å². The molecular weight excluding hydrogens is 512 g/mol. The minimum absolute atomic E-state index is 0.115. The summed E-state index contributed by atoms with van der Waals surface area (Å²) in [6.07, 6.45) is 1.70. The minimum atomic E-state index is -3.50. The summed E-state index contributed by atoms with van der Waals surface area (Å²) >= 11 is 0. The Morgan fingerprint density at radius 3 is 2.23 bits per heavy atom. The van der Waals surface area contributed by atoms with E-state index >= 15 is 0 Å². The molecule has 2 N–H and O–H groups in total. The number of aryl methyl sites for hydroxylation is 1. The number of nitrogens with one attached hydrogen (secondary N) is 2. The number of anilines is 4. The van der Waals surface area contributed by atoms with Gasteiger partial charge in [0.1, 0.15) is 0 Å². The first-order valence-corrected chi connectivity index (χ1v) is 14.1. The molecule has 5 rings (SSSR count). The van der Waals surface area contributed by atoms with Crippen LogP contribution in [0.3, 0.4) is 0 Å². The molecule has 0 bridgehead atoms. The number of carbonyl (C=O) groups excluding carboxylic acids is 1. The lowest BCUT2D eigenvalue weighted by Gasteiger charge is -2.35. The number of aromatic nitrogens is 2. The standard InChI is InChI=1S/C29H30N6O3S/c1-21-4-3-5-27(20-21)39(37,38)35-18-16-34(17-19-35)26-12-10-25(11-13-26)32-29-30-15-14-28(33-29)23-6-8-24(9-7-23)31-22(2)36/h3-15,20H,16-19H2,1-2H3,(H,31,36)(H,30,32,33). The summed E-state index contributed by atoms with van der Waals surface area (Å²) in [6.45, 7) is 5.47. The molecule has 9 nitrogen and oxygen atoms in total. The molecule has 4 aromatic rings. The Bertz CT molecular complexity index is 1570. The van der Waals surface area contributed by atoms with E-state index in [1.54, 1.807) is 28.7 Å². The van der Waals surface area contributed by atoms with Gasteiger partial charge in [0.15, 0.2) is 0 Å². The van der Waals surface area contributed by atoms with E-state index in [9.17, 15) is 13.2 Å². The minimum Gasteiger partial charge on any atom is -0.369 e. The maximum Gasteiger partial charge on any atom is 0.243 e. The molecule has 0 spiro atoms. The normalized spacial score (nSPS) is 14.2. The van der Waals surface area contributed by atoms with Crippen molar-refractivity contribution >= 4 is 38.9 Å². The third-order valence-corrected chi connectivity index (χ3v) is 8.41. The molecule has 0 aliphatic carbocycles. The number of hydrogen-bond donors (Lipinski definition) is 2. The van der Waals surface area contributed by atoms with Crippen LogP contribution in [0.15, 0.2) is 90.0 Å². The van der Waals surface area contributed by atoms with Crippen molar-refractivity contribution in [3.8, 4) is 11.3 Å². The van der Waals surface area contributed by atoms with Crippen LogP contribution in [0.2, 0.25) is 0 Å². The molecule has 1 aliphatic rings. The molecule has 39 heavy (non-hydrogen) atoms. The van der Waals surface area contributed by atoms with Crippen LogP contribution in [-0.2, 0) is 14.8 Å². The largest absolute Gasteiger partial charge is 0.369 e. The smallest absolute Gasteiger partial charge is 0.243 e. The fourth-order valence-corrected chi connectivity index (χ4v) is 6.03. The van der Waals surface area contributed by atoms with Crippen LogP contribution < -0.4 is 15.5 Å². The van der Waals surface area contributed by atoms with Gasteiger partial charge in [-0.15, -0.1) is 0 Å². The zero-order valence-corrected chi connectivity index (χ0v) is 22.6. The zero-order valence-electron chi connectivity index (χ0n) is 21.8. The maximum absolute atomic E-state index is 13.0. The highest BCUT2D eigenvalue weighted by atomic mass is 32.2. The lowest BCUT2D eigenvalue weighted by Crippen LogP contribution is -2.48. The predicted octanol–water partition coefficient (Wildman–Crippen LogP) is 4.66. The van der Waals surface area contributed by atoms with Gasteiger partial charge in [0.25, 0.3) is 0 Å². The molecule has 0 saturated carbocycles. The number of rotatable bonds is 7. The summed E-state index contributed by atoms with van der Waals surface area (Å²) in [6, 6.07) is 24.3. The Labute approximate surface area is 228 Å². The molecule has 1 fully saturated rings. The van der Waals surface area contributed by atoms with Crippen LogP contribution in [0.5, 0.6) is 0 Å². The van der Waals surface area contributed by atoms with Gasteiger partial charge in [0.2, 0.25) is 21.9 Å². The molecular formula is C29H30N6O3S. The van der Waals surface area contributed by atoms with E-state index < -0.39 is 10.0 Å². The van der Waals surface area contributed by atoms with Crippen LogP contribution in [-0.4, -0.2) is 54.8 Å². The van der Waals surface area contributed by atoms with Crippen molar-refractivity contribution < 1.29 is 13.2 Å². The highest BCUT2D eigenvalue weighted by molar-refractivity contribution is 7.89. The van der Waals surface area contributed by atoms with E-state index in [1.165, 1.54) is 6.92 Å². The topological polar surface area (TPSA) is 108 Å². The first-order valence-electron chi connectivity index (χ1n) is 12.7. The fraction of sp³-hybridized carbons (Fsp3) is 0.207. The van der Waals surface area contributed by atoms with Gasteiger partial charge in [-0.2, -0.15) is 4.31 Å². The molecule has 3 aromatic carbocycles. The monoisotopic (exact) mass is 542 g/mol. The second-order valence-corrected chi connectivity index (χ2v) is 11.3. The van der Waals surface area contributed by atoms with Gasteiger partial charge in [0.05, 0.1) is 10.6 Å². The zero-order chi connectivity index (χ0) is 27.4. The molecule has 1 aliphatic heterocycles. The molecule has 1 amide bonds. The van der Waals surface area contributed by atoms with Gasteiger partial charge < -0.3 is 15.5 Å². The molecule has 200 valence electrons. The Kier molecular flexibility index (Phi) is 7.58. The number of nitrogens with zero attached hydrogens (tertiary/aromatic N) is 4. The predicted molar refractivity (Wildman–Crippen MR) is 154 cm³/mol. The lowest BCUT2D eigenvalue weighted by atomic mass is 10.1. The van der Waals surface area contributed by atoms with Crippen molar-refractivity contribution in [1.29, 1.82) is 0 Å². The van der Waals surface area contributed by atoms with Crippen molar-refractivity contribution in [2.45, 2.75) is 18.7 Å². The van der Waals surface area contributed by atoms with Gasteiger partial charge in [-0.1, -0.05) is 24.3 Å². The van der Waals surface area contributed by atoms with Gasteiger partial charge >= 0.3 is 0 Å². The average molecular weight is 543 g/mol. The van der Waals surface area contributed by atoms with Crippen molar-refractivity contribution in [3.05, 3.63) is 90.6 Å². The second-order valence-electron chi connectivity index (χ2n) is 9.40. The molecule has 10 heteroatoms. The van der Waals surface area contributed by atoms with Crippen LogP contribution >= 0.6 is 0 Å². The summed E-state index contributed by atoms with van der Waals surface area (Å²) in [4.78, 5) is 22.7. The van der Waals surface area contributed by atoms with E-state index in [1.807, 2.05) is 67.6 Å². The van der Waals surface area contributed by atoms with Crippen LogP contribution in [0, 0.1) is 6.92 Å². The van der Waals surface area contributed by atoms with E-state index in [2.05, 4.69) is 25.5 Å². The second kappa shape index (κ2) is 11.2. The third kappa shape index (κ3) is 6.24. The highest BCUT2D eigenvalue weighted by Gasteiger charge is 2.28. The summed E-state index contributed by atoms with van der Waals surface area (Å²) in [5.74, 6) is 0.358. The quantitative estimate of drug-likeness (QED) is 0.350. The van der Waals surface area contributed by atoms with E-state index in [0.29, 0.717) is 37.0 Å². The van der Waals surface area contributed by atoms with Crippen LogP contribution in [0.4, 0.5) is 23.0 Å². The molecule has 0 atom stereocenters. The summed E-state index contributed by atoms with van der Waals surface area (Å²) in [7, 11) is -3.50. The molecule has 2 heterocycles. The fourth-order valence-electron chi connectivity index (χ4n) is 4.50. The summed E-state index contributed by atoms with van der Waals surface area (Å²) < 4.78 is 27.6. The summed E-state index contributed by atoms with van der Waals surface area (Å²) in [5.41, 5.74) is 5.20. The SMILES string of the molecule is CC(=O)Nc1ccc(-c2ccnc(Nc3ccc(N4CCN(S(=O)(=O)c5cccc(C)c5)CC4)cc3)n2)cc1. The Morgan fingerprint density at radius 1 is 0.872 bits per heavy atom. The highest BCUT2D eigenvalue weighted by Crippen LogP contribution is 2.25. The number of amides is 1. The van der Waals surface area contributed by atoms with E-state index in [0.717, 1.165) is 33.9 Å². The molecule has 0 unspecified atom stereocenters. The number of hydrogen-bond acceptors (Lipinski definition) is 7. The van der Waals surface area contributed by atoms with Crippen molar-refractivity contribution in [2.75, 3.05) is 41.7 Å². The van der Waals surface area contributed by atoms with Crippen LogP contribution in [0.25, 0.3) is 11.3 Å². The molecule has 1 saturated heterocycles. The maximum atomic E-state index is 13.0. The third-order valence-electron chi connectivity index (χ3n) is 6.51. The van der Waals surface area contributed by atoms with Gasteiger partial charge in [-0.3, -0.25) is 4.79 Å². The summed E-state index contributed by atoms with van der Waals surface area (Å²) in [5, 5.41) is 6.00. The first kappa shape index (κ1) is 26.3. The van der Waals surface area contributed by atoms with Gasteiger partial charge in [-0.05, 0) is 67.1 Å². The number of piperazine rings is 1. The Morgan fingerprint density at radius 2 is 1.56 bits per heavy atom. The first-order chi connectivity index (χ1) is 18.8. The Balaban J connectivity index is 1.20. The van der Waals surface area contributed by atoms with Gasteiger partial charge in [-0.25, -0.2) is 18.4 Å². The average Bonchev–Trinajstić information content (AvgIpc) is 2.94. The number of carbonyl (C=O) groups is 1. The van der Waals surface area contributed by atoms with Crippen molar-refractivity contribution in [3.63, 3.8) is 0 Å². The Hall–Kier alpha value is -4.28. The number of benzene rings is 3. The molecule has 1 aromatic heterocycles. The van der Waals surface area contributed by atoms with Crippen LogP contribution in [0.1, 0.15) is 12.5 Å². The molecule has 0 radical (unpaired) electrons.